The molecular weight excluding hydrogens is 240 g/mol. The van der Waals surface area contributed by atoms with Crippen molar-refractivity contribution in [3.05, 3.63) is 34.9 Å². The summed E-state index contributed by atoms with van der Waals surface area (Å²) in [5.74, 6) is -0.951. The van der Waals surface area contributed by atoms with Gasteiger partial charge in [0.1, 0.15) is 6.07 Å². The predicted octanol–water partition coefficient (Wildman–Crippen LogP) is 3.04. The van der Waals surface area contributed by atoms with Gasteiger partial charge in [0.2, 0.25) is 0 Å². The van der Waals surface area contributed by atoms with Crippen LogP contribution >= 0.6 is 0 Å². The van der Waals surface area contributed by atoms with Crippen molar-refractivity contribution in [2.24, 2.45) is 5.41 Å². The van der Waals surface area contributed by atoms with Gasteiger partial charge in [0, 0.05) is 5.57 Å². The van der Waals surface area contributed by atoms with Gasteiger partial charge in [-0.05, 0) is 35.6 Å². The Morgan fingerprint density at radius 1 is 1.37 bits per heavy atom. The van der Waals surface area contributed by atoms with Crippen LogP contribution in [0.15, 0.2) is 23.8 Å². The Balaban J connectivity index is 3.54. The fraction of sp³-hybridized carbons (Fsp3) is 0.333. The summed E-state index contributed by atoms with van der Waals surface area (Å²) in [5, 5.41) is 18.1. The zero-order chi connectivity index (χ0) is 14.8. The largest absolute Gasteiger partial charge is 0.478 e. The fourth-order valence-corrected chi connectivity index (χ4v) is 2.14. The molecular formula is C15H18N2O2. The summed E-state index contributed by atoms with van der Waals surface area (Å²) in [6.07, 6.45) is 0. The highest BCUT2D eigenvalue weighted by Crippen LogP contribution is 2.37. The number of anilines is 1. The Hall–Kier alpha value is -2.28. The first kappa shape index (κ1) is 14.8. The number of nitrogens with zero attached hydrogens (tertiary/aromatic N) is 1. The molecule has 0 aliphatic rings. The summed E-state index contributed by atoms with van der Waals surface area (Å²) < 4.78 is 0. The first-order chi connectivity index (χ1) is 8.68. The van der Waals surface area contributed by atoms with E-state index in [-0.39, 0.29) is 11.0 Å². The average molecular weight is 258 g/mol. The van der Waals surface area contributed by atoms with Gasteiger partial charge in [0.25, 0.3) is 0 Å². The molecule has 0 saturated heterocycles. The Kier molecular flexibility index (Phi) is 4.01. The van der Waals surface area contributed by atoms with Crippen molar-refractivity contribution in [3.63, 3.8) is 0 Å². The highest BCUT2D eigenvalue weighted by molar-refractivity contribution is 5.97. The van der Waals surface area contributed by atoms with Crippen molar-refractivity contribution >= 4 is 17.2 Å². The van der Waals surface area contributed by atoms with Crippen LogP contribution in [-0.2, 0) is 4.79 Å². The lowest BCUT2D eigenvalue weighted by atomic mass is 9.79. The van der Waals surface area contributed by atoms with Crippen LogP contribution in [0.2, 0.25) is 0 Å². The minimum Gasteiger partial charge on any atom is -0.478 e. The van der Waals surface area contributed by atoms with Gasteiger partial charge in [-0.2, -0.15) is 5.26 Å². The van der Waals surface area contributed by atoms with Crippen LogP contribution in [0, 0.1) is 16.7 Å². The first-order valence-corrected chi connectivity index (χ1v) is 5.93. The monoisotopic (exact) mass is 258 g/mol. The molecule has 100 valence electrons. The lowest BCUT2D eigenvalue weighted by Gasteiger charge is -2.25. The fourth-order valence-electron chi connectivity index (χ4n) is 2.14. The van der Waals surface area contributed by atoms with Gasteiger partial charge in [-0.15, -0.1) is 0 Å². The third-order valence-electron chi connectivity index (χ3n) is 2.91. The molecule has 0 heterocycles. The van der Waals surface area contributed by atoms with Gasteiger partial charge in [0.15, 0.2) is 0 Å². The normalized spacial score (nSPS) is 12.6. The molecule has 0 amide bonds. The number of allylic oxidation sites excluding steroid dienone is 1. The summed E-state index contributed by atoms with van der Waals surface area (Å²) in [5.41, 5.74) is 7.97. The maximum absolute atomic E-state index is 11.2. The highest BCUT2D eigenvalue weighted by Gasteiger charge is 2.24. The summed E-state index contributed by atoms with van der Waals surface area (Å²) in [4.78, 5) is 11.2. The average Bonchev–Trinajstić information content (AvgIpc) is 2.27. The second-order valence-electron chi connectivity index (χ2n) is 5.47. The molecule has 0 fully saturated rings. The molecule has 0 spiro atoms. The molecule has 0 saturated carbocycles. The van der Waals surface area contributed by atoms with E-state index < -0.39 is 5.97 Å². The summed E-state index contributed by atoms with van der Waals surface area (Å²) in [6, 6.07) is 7.01. The van der Waals surface area contributed by atoms with Crippen LogP contribution in [0.4, 0.5) is 5.69 Å². The quantitative estimate of drug-likeness (QED) is 0.630. The third-order valence-corrected chi connectivity index (χ3v) is 2.91. The second-order valence-corrected chi connectivity index (χ2v) is 5.47. The van der Waals surface area contributed by atoms with Crippen molar-refractivity contribution < 1.29 is 9.90 Å². The number of hydrogen-bond acceptors (Lipinski definition) is 3. The topological polar surface area (TPSA) is 87.1 Å². The number of nitrogens with two attached hydrogens (primary N) is 1. The minimum absolute atomic E-state index is 0.289. The van der Waals surface area contributed by atoms with Crippen LogP contribution in [-0.4, -0.2) is 11.1 Å². The van der Waals surface area contributed by atoms with E-state index in [1.165, 1.54) is 0 Å². The number of aliphatic carboxylic acids is 1. The molecule has 0 aliphatic heterocycles. The van der Waals surface area contributed by atoms with Gasteiger partial charge in [0.05, 0.1) is 11.3 Å². The summed E-state index contributed by atoms with van der Waals surface area (Å²) in [6.45, 7) is 7.42. The number of nitrogen functional groups attached to an aromatic ring is 1. The molecule has 1 rings (SSSR count). The van der Waals surface area contributed by atoms with E-state index in [2.05, 4.69) is 0 Å². The van der Waals surface area contributed by atoms with Gasteiger partial charge in [-0.3, -0.25) is 0 Å². The molecule has 3 N–H and O–H groups in total. The van der Waals surface area contributed by atoms with E-state index in [0.29, 0.717) is 11.3 Å². The number of carboxylic acids is 1. The zero-order valence-electron chi connectivity index (χ0n) is 11.6. The number of hydrogen-bond donors (Lipinski definition) is 2. The van der Waals surface area contributed by atoms with Crippen molar-refractivity contribution in [3.8, 4) is 6.07 Å². The van der Waals surface area contributed by atoms with E-state index in [0.717, 1.165) is 11.1 Å². The van der Waals surface area contributed by atoms with Crippen LogP contribution in [0.25, 0.3) is 5.57 Å². The van der Waals surface area contributed by atoms with Crippen LogP contribution in [0.5, 0.6) is 0 Å². The maximum atomic E-state index is 11.2. The number of benzene rings is 1. The first-order valence-electron chi connectivity index (χ1n) is 5.93. The van der Waals surface area contributed by atoms with Gasteiger partial charge in [-0.25, -0.2) is 4.79 Å². The number of nitriles is 1. The standard InChI is InChI=1S/C15H18N2O2/c1-9(14(18)19)13(15(2,3)4)10-5-6-11(8-16)12(17)7-10/h5-7H,17H2,1-4H3,(H,18,19)/b13-9-. The molecule has 0 bridgehead atoms. The van der Waals surface area contributed by atoms with E-state index in [9.17, 15) is 9.90 Å². The Labute approximate surface area is 113 Å². The Morgan fingerprint density at radius 2 is 1.95 bits per heavy atom. The Bertz CT molecular complexity index is 587. The zero-order valence-corrected chi connectivity index (χ0v) is 11.6. The van der Waals surface area contributed by atoms with E-state index in [4.69, 9.17) is 11.0 Å². The van der Waals surface area contributed by atoms with Gasteiger partial charge < -0.3 is 10.8 Å². The van der Waals surface area contributed by atoms with Gasteiger partial charge in [-0.1, -0.05) is 26.8 Å². The number of rotatable bonds is 2. The number of carboxylic acid groups (broad SMARTS) is 1. The summed E-state index contributed by atoms with van der Waals surface area (Å²) in [7, 11) is 0. The minimum atomic E-state index is -0.951. The number of carbonyl (C=O) groups is 1. The lowest BCUT2D eigenvalue weighted by molar-refractivity contribution is -0.132. The van der Waals surface area contributed by atoms with E-state index in [1.54, 1.807) is 25.1 Å². The van der Waals surface area contributed by atoms with Crippen LogP contribution in [0.1, 0.15) is 38.8 Å². The highest BCUT2D eigenvalue weighted by atomic mass is 16.4. The van der Waals surface area contributed by atoms with Crippen molar-refractivity contribution in [1.29, 1.82) is 5.26 Å². The molecule has 4 heteroatoms. The molecule has 0 atom stereocenters. The van der Waals surface area contributed by atoms with Crippen LogP contribution < -0.4 is 5.73 Å². The smallest absolute Gasteiger partial charge is 0.331 e. The molecule has 1 aromatic rings. The molecule has 19 heavy (non-hydrogen) atoms. The van der Waals surface area contributed by atoms with E-state index >= 15 is 0 Å². The van der Waals surface area contributed by atoms with Crippen molar-refractivity contribution in [2.45, 2.75) is 27.7 Å². The molecule has 0 radical (unpaired) electrons. The molecule has 4 nitrogen and oxygen atoms in total. The molecule has 0 aliphatic carbocycles. The van der Waals surface area contributed by atoms with Crippen LogP contribution in [0.3, 0.4) is 0 Å². The Morgan fingerprint density at radius 3 is 2.32 bits per heavy atom. The lowest BCUT2D eigenvalue weighted by Crippen LogP contribution is -2.14. The predicted molar refractivity (Wildman–Crippen MR) is 75.3 cm³/mol. The summed E-state index contributed by atoms with van der Waals surface area (Å²) >= 11 is 0. The van der Waals surface area contributed by atoms with Crippen molar-refractivity contribution in [2.75, 3.05) is 5.73 Å². The second kappa shape index (κ2) is 5.15. The van der Waals surface area contributed by atoms with Gasteiger partial charge >= 0.3 is 5.97 Å². The third kappa shape index (κ3) is 3.14. The molecule has 0 aromatic heterocycles. The SMILES string of the molecule is C/C(C(=O)O)=C(\c1ccc(C#N)c(N)c1)C(C)(C)C. The molecule has 0 unspecified atom stereocenters. The van der Waals surface area contributed by atoms with Crippen molar-refractivity contribution in [1.82, 2.24) is 0 Å². The maximum Gasteiger partial charge on any atom is 0.331 e. The van der Waals surface area contributed by atoms with E-state index in [1.807, 2.05) is 26.8 Å². The molecule has 1 aromatic carbocycles.